The van der Waals surface area contributed by atoms with Gasteiger partial charge < -0.3 is 19.5 Å². The van der Waals surface area contributed by atoms with Crippen LogP contribution >= 0.6 is 0 Å². The number of ether oxygens (including phenoxy) is 3. The summed E-state index contributed by atoms with van der Waals surface area (Å²) in [5, 5.41) is 8.25. The van der Waals surface area contributed by atoms with Crippen LogP contribution in [-0.4, -0.2) is 53.1 Å². The Kier molecular flexibility index (Phi) is 5.23. The highest BCUT2D eigenvalue weighted by Gasteiger charge is 2.22. The molecule has 1 atom stereocenters. The van der Waals surface area contributed by atoms with Crippen molar-refractivity contribution in [2.75, 3.05) is 26.4 Å². The maximum absolute atomic E-state index is 13.1. The molecule has 1 unspecified atom stereocenters. The summed E-state index contributed by atoms with van der Waals surface area (Å²) >= 11 is 0. The molecule has 0 aliphatic carbocycles. The molecular formula is C23H26N4O4. The Balaban J connectivity index is 1.55. The summed E-state index contributed by atoms with van der Waals surface area (Å²) in [5.41, 5.74) is 2.79. The summed E-state index contributed by atoms with van der Waals surface area (Å²) in [6.07, 6.45) is 3.81. The van der Waals surface area contributed by atoms with Crippen LogP contribution in [0.3, 0.4) is 0 Å². The molecule has 2 aliphatic heterocycles. The average molecular weight is 422 g/mol. The molecule has 2 aromatic heterocycles. The van der Waals surface area contributed by atoms with Gasteiger partial charge >= 0.3 is 0 Å². The van der Waals surface area contributed by atoms with Gasteiger partial charge in [-0.25, -0.2) is 9.67 Å². The van der Waals surface area contributed by atoms with E-state index in [-0.39, 0.29) is 18.1 Å². The van der Waals surface area contributed by atoms with E-state index in [2.05, 4.69) is 10.4 Å². The summed E-state index contributed by atoms with van der Waals surface area (Å²) in [6.45, 7) is 6.40. The first-order chi connectivity index (χ1) is 15.1. The number of carbonyl (C=O) groups is 1. The van der Waals surface area contributed by atoms with Crippen LogP contribution in [-0.2, 0) is 4.74 Å². The lowest BCUT2D eigenvalue weighted by Gasteiger charge is -2.19. The zero-order valence-corrected chi connectivity index (χ0v) is 17.8. The molecule has 8 heteroatoms. The van der Waals surface area contributed by atoms with E-state index < -0.39 is 0 Å². The molecule has 1 N–H and O–H groups in total. The predicted octanol–water partition coefficient (Wildman–Crippen LogP) is 3.36. The molecule has 0 radical (unpaired) electrons. The van der Waals surface area contributed by atoms with Crippen LogP contribution in [0.1, 0.15) is 43.1 Å². The number of benzene rings is 1. The number of hydrogen-bond donors (Lipinski definition) is 1. The topological polar surface area (TPSA) is 87.5 Å². The van der Waals surface area contributed by atoms with Crippen molar-refractivity contribution in [2.45, 2.75) is 38.8 Å². The van der Waals surface area contributed by atoms with E-state index in [1.165, 1.54) is 0 Å². The predicted molar refractivity (Wildman–Crippen MR) is 116 cm³/mol. The Morgan fingerprint density at radius 1 is 1.19 bits per heavy atom. The SMILES string of the molecule is CC(C)n1ncc2c(C(=O)NCC3CCCO3)cc(-c3ccc4c(c3)OCCO4)nc21. The van der Waals surface area contributed by atoms with Gasteiger partial charge in [0.15, 0.2) is 17.1 Å². The summed E-state index contributed by atoms with van der Waals surface area (Å²) in [5.74, 6) is 1.26. The molecule has 8 nitrogen and oxygen atoms in total. The van der Waals surface area contributed by atoms with Crippen molar-refractivity contribution >= 4 is 16.9 Å². The van der Waals surface area contributed by atoms with Crippen molar-refractivity contribution < 1.29 is 19.0 Å². The fraction of sp³-hybridized carbons (Fsp3) is 0.435. The van der Waals surface area contributed by atoms with Crippen LogP contribution in [0.15, 0.2) is 30.5 Å². The fourth-order valence-electron chi connectivity index (χ4n) is 4.04. The van der Waals surface area contributed by atoms with Gasteiger partial charge in [-0.2, -0.15) is 5.10 Å². The van der Waals surface area contributed by atoms with Gasteiger partial charge in [-0.15, -0.1) is 0 Å². The van der Waals surface area contributed by atoms with Gasteiger partial charge in [-0.1, -0.05) is 0 Å². The molecule has 0 bridgehead atoms. The van der Waals surface area contributed by atoms with Crippen molar-refractivity contribution in [1.29, 1.82) is 0 Å². The fourth-order valence-corrected chi connectivity index (χ4v) is 4.04. The molecule has 31 heavy (non-hydrogen) atoms. The molecule has 5 rings (SSSR count). The standard InChI is InChI=1S/C23H26N4O4/c1-14(2)27-22-18(13-25-27)17(23(28)24-12-16-4-3-7-29-16)11-19(26-22)15-5-6-20-21(10-15)31-9-8-30-20/h5-6,10-11,13-14,16H,3-4,7-9,12H2,1-2H3,(H,24,28). The minimum Gasteiger partial charge on any atom is -0.486 e. The summed E-state index contributed by atoms with van der Waals surface area (Å²) in [6, 6.07) is 7.67. The normalized spacial score (nSPS) is 18.0. The number of amides is 1. The van der Waals surface area contributed by atoms with Gasteiger partial charge in [0.25, 0.3) is 5.91 Å². The average Bonchev–Trinajstić information content (AvgIpc) is 3.46. The van der Waals surface area contributed by atoms with Crippen molar-refractivity contribution in [3.05, 3.63) is 36.0 Å². The number of aromatic nitrogens is 3. The van der Waals surface area contributed by atoms with E-state index in [1.807, 2.05) is 42.8 Å². The van der Waals surface area contributed by atoms with Gasteiger partial charge in [-0.05, 0) is 51.0 Å². The van der Waals surface area contributed by atoms with Crippen LogP contribution in [0.2, 0.25) is 0 Å². The second-order valence-corrected chi connectivity index (χ2v) is 8.18. The Hall–Kier alpha value is -3.13. The second kappa shape index (κ2) is 8.19. The molecule has 4 heterocycles. The van der Waals surface area contributed by atoms with Crippen LogP contribution in [0.5, 0.6) is 11.5 Å². The molecule has 3 aromatic rings. The number of pyridine rings is 1. The first-order valence-corrected chi connectivity index (χ1v) is 10.8. The van der Waals surface area contributed by atoms with E-state index in [0.717, 1.165) is 36.1 Å². The number of hydrogen-bond acceptors (Lipinski definition) is 6. The smallest absolute Gasteiger partial charge is 0.252 e. The third-order valence-electron chi connectivity index (χ3n) is 5.65. The third kappa shape index (κ3) is 3.83. The molecule has 1 fully saturated rings. The molecule has 0 spiro atoms. The third-order valence-corrected chi connectivity index (χ3v) is 5.65. The van der Waals surface area contributed by atoms with Crippen molar-refractivity contribution in [1.82, 2.24) is 20.1 Å². The van der Waals surface area contributed by atoms with Gasteiger partial charge in [0.1, 0.15) is 13.2 Å². The molecule has 2 aliphatic rings. The Morgan fingerprint density at radius 3 is 2.81 bits per heavy atom. The summed E-state index contributed by atoms with van der Waals surface area (Å²) in [7, 11) is 0. The maximum Gasteiger partial charge on any atom is 0.252 e. The monoisotopic (exact) mass is 422 g/mol. The minimum absolute atomic E-state index is 0.0805. The van der Waals surface area contributed by atoms with E-state index in [4.69, 9.17) is 19.2 Å². The molecule has 1 saturated heterocycles. The maximum atomic E-state index is 13.1. The summed E-state index contributed by atoms with van der Waals surface area (Å²) in [4.78, 5) is 18.0. The van der Waals surface area contributed by atoms with E-state index in [0.29, 0.717) is 42.4 Å². The Labute approximate surface area is 180 Å². The lowest BCUT2D eigenvalue weighted by molar-refractivity contribution is 0.0859. The lowest BCUT2D eigenvalue weighted by Crippen LogP contribution is -2.31. The minimum atomic E-state index is -0.148. The largest absolute Gasteiger partial charge is 0.486 e. The molecule has 162 valence electrons. The van der Waals surface area contributed by atoms with Gasteiger partial charge in [0.05, 0.1) is 28.9 Å². The number of rotatable bonds is 5. The quantitative estimate of drug-likeness (QED) is 0.678. The second-order valence-electron chi connectivity index (χ2n) is 8.18. The van der Waals surface area contributed by atoms with Crippen molar-refractivity contribution in [3.8, 4) is 22.8 Å². The highest BCUT2D eigenvalue weighted by Crippen LogP contribution is 2.35. The molecule has 1 aromatic carbocycles. The van der Waals surface area contributed by atoms with E-state index in [1.54, 1.807) is 6.20 Å². The van der Waals surface area contributed by atoms with E-state index in [9.17, 15) is 4.79 Å². The summed E-state index contributed by atoms with van der Waals surface area (Å²) < 4.78 is 18.8. The van der Waals surface area contributed by atoms with Crippen LogP contribution in [0, 0.1) is 0 Å². The van der Waals surface area contributed by atoms with Crippen LogP contribution in [0.25, 0.3) is 22.3 Å². The van der Waals surface area contributed by atoms with Crippen molar-refractivity contribution in [2.24, 2.45) is 0 Å². The highest BCUT2D eigenvalue weighted by molar-refractivity contribution is 6.06. The van der Waals surface area contributed by atoms with Crippen molar-refractivity contribution in [3.63, 3.8) is 0 Å². The zero-order valence-electron chi connectivity index (χ0n) is 17.8. The molecule has 0 saturated carbocycles. The van der Waals surface area contributed by atoms with Crippen LogP contribution < -0.4 is 14.8 Å². The number of nitrogens with zero attached hydrogens (tertiary/aromatic N) is 3. The Bertz CT molecular complexity index is 1120. The van der Waals surface area contributed by atoms with Gasteiger partial charge in [0.2, 0.25) is 0 Å². The lowest BCUT2D eigenvalue weighted by atomic mass is 10.1. The number of carbonyl (C=O) groups excluding carboxylic acids is 1. The Morgan fingerprint density at radius 2 is 2.03 bits per heavy atom. The highest BCUT2D eigenvalue weighted by atomic mass is 16.6. The number of nitrogens with one attached hydrogen (secondary N) is 1. The molecular weight excluding hydrogens is 396 g/mol. The first-order valence-electron chi connectivity index (χ1n) is 10.8. The zero-order chi connectivity index (χ0) is 21.4. The van der Waals surface area contributed by atoms with E-state index >= 15 is 0 Å². The van der Waals surface area contributed by atoms with Crippen LogP contribution in [0.4, 0.5) is 0 Å². The van der Waals surface area contributed by atoms with Gasteiger partial charge in [-0.3, -0.25) is 4.79 Å². The van der Waals surface area contributed by atoms with Gasteiger partial charge in [0, 0.05) is 24.8 Å². The first kappa shape index (κ1) is 19.8. The number of fused-ring (bicyclic) bond motifs is 2. The molecule has 1 amide bonds.